The van der Waals surface area contributed by atoms with Crippen molar-refractivity contribution in [3.05, 3.63) is 47.0 Å². The number of hydrogen-bond donors (Lipinski definition) is 1. The highest BCUT2D eigenvalue weighted by atomic mass is 16.3. The largest absolute Gasteiger partial charge is 0.386 e. The molecule has 0 radical (unpaired) electrons. The van der Waals surface area contributed by atoms with Crippen LogP contribution in [0.5, 0.6) is 0 Å². The van der Waals surface area contributed by atoms with Gasteiger partial charge in [-0.15, -0.1) is 0 Å². The Labute approximate surface area is 120 Å². The molecule has 2 heterocycles. The highest BCUT2D eigenvalue weighted by Crippen LogP contribution is 2.20. The van der Waals surface area contributed by atoms with E-state index in [1.54, 1.807) is 6.20 Å². The second-order valence-corrected chi connectivity index (χ2v) is 5.48. The van der Waals surface area contributed by atoms with Gasteiger partial charge in [-0.2, -0.15) is 5.10 Å². The number of pyridine rings is 1. The molecular formula is C16H23N3O. The van der Waals surface area contributed by atoms with Crippen molar-refractivity contribution >= 4 is 0 Å². The van der Waals surface area contributed by atoms with Crippen LogP contribution in [-0.2, 0) is 6.42 Å². The maximum atomic E-state index is 10.3. The van der Waals surface area contributed by atoms with E-state index in [1.807, 2.05) is 36.9 Å². The first-order chi connectivity index (χ1) is 9.51. The summed E-state index contributed by atoms with van der Waals surface area (Å²) in [7, 11) is 0. The second kappa shape index (κ2) is 6.18. The van der Waals surface area contributed by atoms with Gasteiger partial charge < -0.3 is 5.11 Å². The SMILES string of the molecule is CCC(C)n1ccc(CC(O)c2ncc(C)cc2C)n1. The molecule has 0 fully saturated rings. The number of aliphatic hydroxyl groups is 1. The average Bonchev–Trinajstić information content (AvgIpc) is 2.86. The smallest absolute Gasteiger partial charge is 0.102 e. The van der Waals surface area contributed by atoms with Crippen molar-refractivity contribution in [1.29, 1.82) is 0 Å². The molecule has 2 aromatic heterocycles. The molecule has 0 aliphatic heterocycles. The number of aliphatic hydroxyl groups excluding tert-OH is 1. The van der Waals surface area contributed by atoms with Gasteiger partial charge in [0.25, 0.3) is 0 Å². The van der Waals surface area contributed by atoms with Crippen LogP contribution in [0, 0.1) is 13.8 Å². The van der Waals surface area contributed by atoms with Gasteiger partial charge in [0.15, 0.2) is 0 Å². The minimum atomic E-state index is -0.601. The van der Waals surface area contributed by atoms with Gasteiger partial charge in [0.1, 0.15) is 6.10 Å². The van der Waals surface area contributed by atoms with Crippen molar-refractivity contribution in [2.75, 3.05) is 0 Å². The highest BCUT2D eigenvalue weighted by Gasteiger charge is 2.15. The van der Waals surface area contributed by atoms with Crippen molar-refractivity contribution in [2.24, 2.45) is 0 Å². The molecule has 0 bridgehead atoms. The molecule has 0 spiro atoms. The van der Waals surface area contributed by atoms with Crippen LogP contribution in [0.15, 0.2) is 24.5 Å². The first-order valence-electron chi connectivity index (χ1n) is 7.16. The predicted molar refractivity (Wildman–Crippen MR) is 79.6 cm³/mol. The van der Waals surface area contributed by atoms with Crippen molar-refractivity contribution in [3.8, 4) is 0 Å². The van der Waals surface area contributed by atoms with Crippen molar-refractivity contribution in [3.63, 3.8) is 0 Å². The maximum absolute atomic E-state index is 10.3. The monoisotopic (exact) mass is 273 g/mol. The fraction of sp³-hybridized carbons (Fsp3) is 0.500. The summed E-state index contributed by atoms with van der Waals surface area (Å²) < 4.78 is 1.96. The molecule has 2 rings (SSSR count). The molecule has 0 amide bonds. The van der Waals surface area contributed by atoms with Crippen LogP contribution in [0.1, 0.15) is 54.9 Å². The van der Waals surface area contributed by atoms with Gasteiger partial charge in [-0.05, 0) is 44.4 Å². The molecule has 4 nitrogen and oxygen atoms in total. The van der Waals surface area contributed by atoms with E-state index in [-0.39, 0.29) is 0 Å². The molecule has 0 aliphatic rings. The first-order valence-corrected chi connectivity index (χ1v) is 7.16. The van der Waals surface area contributed by atoms with Crippen molar-refractivity contribution < 1.29 is 5.11 Å². The van der Waals surface area contributed by atoms with E-state index in [4.69, 9.17) is 0 Å². The van der Waals surface area contributed by atoms with Crippen LogP contribution in [0.4, 0.5) is 0 Å². The summed E-state index contributed by atoms with van der Waals surface area (Å²) in [6.07, 6.45) is 4.72. The lowest BCUT2D eigenvalue weighted by Gasteiger charge is -2.12. The first kappa shape index (κ1) is 14.7. The predicted octanol–water partition coefficient (Wildman–Crippen LogP) is 3.14. The van der Waals surface area contributed by atoms with Crippen LogP contribution in [-0.4, -0.2) is 19.9 Å². The normalized spacial score (nSPS) is 14.2. The molecule has 0 aliphatic carbocycles. The summed E-state index contributed by atoms with van der Waals surface area (Å²) in [5.74, 6) is 0. The van der Waals surface area contributed by atoms with Gasteiger partial charge in [0.2, 0.25) is 0 Å². The zero-order valence-corrected chi connectivity index (χ0v) is 12.7. The Hall–Kier alpha value is -1.68. The molecule has 0 saturated heterocycles. The van der Waals surface area contributed by atoms with Crippen molar-refractivity contribution in [1.82, 2.24) is 14.8 Å². The van der Waals surface area contributed by atoms with Crippen molar-refractivity contribution in [2.45, 2.75) is 52.7 Å². The summed E-state index contributed by atoms with van der Waals surface area (Å²) >= 11 is 0. The standard InChI is InChI=1S/C16H23N3O/c1-5-13(4)19-7-6-14(18-19)9-15(20)16-12(3)8-11(2)10-17-16/h6-8,10,13,15,20H,5,9H2,1-4H3. The van der Waals surface area contributed by atoms with Crippen LogP contribution in [0.25, 0.3) is 0 Å². The minimum absolute atomic E-state index is 0.389. The van der Waals surface area contributed by atoms with Crippen LogP contribution >= 0.6 is 0 Å². The number of aryl methyl sites for hydroxylation is 2. The molecule has 2 unspecified atom stereocenters. The molecule has 20 heavy (non-hydrogen) atoms. The number of nitrogens with zero attached hydrogens (tertiary/aromatic N) is 3. The number of aromatic nitrogens is 3. The Morgan fingerprint density at radius 2 is 2.10 bits per heavy atom. The van der Waals surface area contributed by atoms with Gasteiger partial charge in [0.05, 0.1) is 11.4 Å². The highest BCUT2D eigenvalue weighted by molar-refractivity contribution is 5.25. The quantitative estimate of drug-likeness (QED) is 0.910. The van der Waals surface area contributed by atoms with E-state index in [0.717, 1.165) is 28.9 Å². The van der Waals surface area contributed by atoms with Gasteiger partial charge in [-0.3, -0.25) is 9.67 Å². The Morgan fingerprint density at radius 3 is 2.75 bits per heavy atom. The summed E-state index contributed by atoms with van der Waals surface area (Å²) in [6.45, 7) is 8.26. The molecule has 0 saturated carbocycles. The summed E-state index contributed by atoms with van der Waals surface area (Å²) in [6, 6.07) is 4.41. The van der Waals surface area contributed by atoms with Gasteiger partial charge in [-0.25, -0.2) is 0 Å². The zero-order valence-electron chi connectivity index (χ0n) is 12.7. The van der Waals surface area contributed by atoms with E-state index in [2.05, 4.69) is 23.9 Å². The van der Waals surface area contributed by atoms with Crippen LogP contribution < -0.4 is 0 Å². The Balaban J connectivity index is 2.11. The minimum Gasteiger partial charge on any atom is -0.386 e. The fourth-order valence-electron chi connectivity index (χ4n) is 2.29. The third-order valence-corrected chi connectivity index (χ3v) is 3.68. The lowest BCUT2D eigenvalue weighted by molar-refractivity contribution is 0.171. The second-order valence-electron chi connectivity index (χ2n) is 5.48. The fourth-order valence-corrected chi connectivity index (χ4v) is 2.29. The number of hydrogen-bond acceptors (Lipinski definition) is 3. The van der Waals surface area contributed by atoms with Gasteiger partial charge in [-0.1, -0.05) is 13.0 Å². The van der Waals surface area contributed by atoms with Crippen LogP contribution in [0.3, 0.4) is 0 Å². The Kier molecular flexibility index (Phi) is 4.55. The van der Waals surface area contributed by atoms with E-state index in [1.165, 1.54) is 0 Å². The molecule has 4 heteroatoms. The summed E-state index contributed by atoms with van der Waals surface area (Å²) in [5.41, 5.74) is 3.78. The zero-order chi connectivity index (χ0) is 14.7. The van der Waals surface area contributed by atoms with E-state index in [9.17, 15) is 5.11 Å². The summed E-state index contributed by atoms with van der Waals surface area (Å²) in [4.78, 5) is 4.35. The van der Waals surface area contributed by atoms with E-state index < -0.39 is 6.10 Å². The topological polar surface area (TPSA) is 50.9 Å². The third kappa shape index (κ3) is 3.25. The van der Waals surface area contributed by atoms with E-state index >= 15 is 0 Å². The lowest BCUT2D eigenvalue weighted by Crippen LogP contribution is -2.09. The molecular weight excluding hydrogens is 250 g/mol. The lowest BCUT2D eigenvalue weighted by atomic mass is 10.0. The molecule has 2 atom stereocenters. The van der Waals surface area contributed by atoms with Gasteiger partial charge >= 0.3 is 0 Å². The maximum Gasteiger partial charge on any atom is 0.102 e. The Bertz CT molecular complexity index is 577. The molecule has 2 aromatic rings. The Morgan fingerprint density at radius 1 is 1.35 bits per heavy atom. The molecule has 1 N–H and O–H groups in total. The molecule has 108 valence electrons. The van der Waals surface area contributed by atoms with Crippen LogP contribution in [0.2, 0.25) is 0 Å². The van der Waals surface area contributed by atoms with Gasteiger partial charge in [0, 0.05) is 24.9 Å². The third-order valence-electron chi connectivity index (χ3n) is 3.68. The average molecular weight is 273 g/mol. The van der Waals surface area contributed by atoms with E-state index in [0.29, 0.717) is 12.5 Å². The number of rotatable bonds is 5. The summed E-state index contributed by atoms with van der Waals surface area (Å²) in [5, 5.41) is 14.9. The molecule has 0 aromatic carbocycles.